The zero-order valence-corrected chi connectivity index (χ0v) is 15.6. The Hall–Kier alpha value is -1.68. The van der Waals surface area contributed by atoms with Crippen molar-refractivity contribution in [2.24, 2.45) is 0 Å². The molecular weight excluding hydrogens is 294 g/mol. The van der Waals surface area contributed by atoms with Crippen LogP contribution in [0.1, 0.15) is 22.3 Å². The molecule has 0 bridgehead atoms. The number of rotatable bonds is 6. The Labute approximate surface area is 146 Å². The lowest BCUT2D eigenvalue weighted by Gasteiger charge is -2.24. The molecule has 3 rings (SSSR count). The van der Waals surface area contributed by atoms with E-state index in [4.69, 9.17) is 0 Å². The number of nitrogens with zero attached hydrogens (tertiary/aromatic N) is 3. The molecule has 0 spiro atoms. The maximum atomic E-state index is 2.44. The van der Waals surface area contributed by atoms with Gasteiger partial charge in [-0.15, -0.1) is 0 Å². The molecule has 0 radical (unpaired) electrons. The first-order chi connectivity index (χ1) is 11.4. The van der Waals surface area contributed by atoms with Crippen LogP contribution in [0, 0.1) is 0 Å². The van der Waals surface area contributed by atoms with Gasteiger partial charge < -0.3 is 4.90 Å². The highest BCUT2D eigenvalue weighted by molar-refractivity contribution is 5.77. The molecule has 2 aromatic carbocycles. The third-order valence-corrected chi connectivity index (χ3v) is 4.56. The molecule has 1 aliphatic rings. The van der Waals surface area contributed by atoms with Crippen molar-refractivity contribution in [3.05, 3.63) is 58.7 Å². The second-order valence-corrected chi connectivity index (χ2v) is 7.59. The monoisotopic (exact) mass is 323 g/mol. The van der Waals surface area contributed by atoms with E-state index in [1.54, 1.807) is 0 Å². The van der Waals surface area contributed by atoms with E-state index in [1.165, 1.54) is 33.4 Å². The third kappa shape index (κ3) is 3.69. The lowest BCUT2D eigenvalue weighted by Crippen LogP contribution is -2.30. The van der Waals surface area contributed by atoms with Crippen molar-refractivity contribution in [2.45, 2.75) is 19.5 Å². The Bertz CT molecular complexity index is 719. The quantitative estimate of drug-likeness (QED) is 0.645. The summed E-state index contributed by atoms with van der Waals surface area (Å²) in [4.78, 5) is 6.86. The van der Waals surface area contributed by atoms with Crippen LogP contribution < -0.4 is 0 Å². The van der Waals surface area contributed by atoms with Crippen LogP contribution in [0.3, 0.4) is 0 Å². The average molecular weight is 323 g/mol. The molecule has 0 aliphatic heterocycles. The molecule has 1 aliphatic carbocycles. The summed E-state index contributed by atoms with van der Waals surface area (Å²) in [6.45, 7) is 2.95. The zero-order valence-electron chi connectivity index (χ0n) is 15.6. The number of hydrogen-bond acceptors (Lipinski definition) is 3. The smallest absolute Gasteiger partial charge is 0.0501 e. The van der Waals surface area contributed by atoms with Gasteiger partial charge >= 0.3 is 0 Å². The molecule has 0 heterocycles. The fourth-order valence-electron chi connectivity index (χ4n) is 3.74. The Morgan fingerprint density at radius 3 is 2.17 bits per heavy atom. The third-order valence-electron chi connectivity index (χ3n) is 4.56. The first-order valence-electron chi connectivity index (χ1n) is 8.65. The van der Waals surface area contributed by atoms with E-state index in [0.717, 1.165) is 26.2 Å². The molecule has 3 heteroatoms. The zero-order chi connectivity index (χ0) is 17.3. The fourth-order valence-corrected chi connectivity index (χ4v) is 3.74. The molecule has 0 saturated carbocycles. The first kappa shape index (κ1) is 17.2. The van der Waals surface area contributed by atoms with Crippen LogP contribution in [0.15, 0.2) is 36.4 Å². The van der Waals surface area contributed by atoms with Gasteiger partial charge in [-0.25, -0.2) is 0 Å². The van der Waals surface area contributed by atoms with Gasteiger partial charge in [0, 0.05) is 13.1 Å². The fraction of sp³-hybridized carbons (Fsp3) is 0.429. The average Bonchev–Trinajstić information content (AvgIpc) is 2.83. The molecule has 0 aromatic heterocycles. The van der Waals surface area contributed by atoms with Crippen molar-refractivity contribution in [3.8, 4) is 11.1 Å². The predicted octanol–water partition coefficient (Wildman–Crippen LogP) is 3.27. The molecular formula is C21H29N3. The Kier molecular flexibility index (Phi) is 5.04. The SMILES string of the molecule is CN(C)Cc1cc2c(cc1CN(C)CN(C)C)-c1ccccc1C2. The predicted molar refractivity (Wildman–Crippen MR) is 102 cm³/mol. The van der Waals surface area contributed by atoms with Crippen LogP contribution in [0.5, 0.6) is 0 Å². The second-order valence-electron chi connectivity index (χ2n) is 7.59. The molecule has 128 valence electrons. The van der Waals surface area contributed by atoms with Gasteiger partial charge in [-0.1, -0.05) is 30.3 Å². The summed E-state index contributed by atoms with van der Waals surface area (Å²) >= 11 is 0. The van der Waals surface area contributed by atoms with Crippen LogP contribution in [-0.4, -0.2) is 56.6 Å². The summed E-state index contributed by atoms with van der Waals surface area (Å²) in [6.07, 6.45) is 1.07. The normalized spacial score (nSPS) is 13.0. The van der Waals surface area contributed by atoms with Gasteiger partial charge in [-0.2, -0.15) is 0 Å². The van der Waals surface area contributed by atoms with Crippen LogP contribution in [0.4, 0.5) is 0 Å². The number of fused-ring (bicyclic) bond motifs is 3. The standard InChI is InChI=1S/C21H29N3/c1-22(2)13-18-11-17-10-16-8-6-7-9-20(16)21(17)12-19(18)14-24(5)15-23(3)4/h6-9,11-12H,10,13-15H2,1-5H3. The van der Waals surface area contributed by atoms with Crippen molar-refractivity contribution in [3.63, 3.8) is 0 Å². The molecule has 0 saturated heterocycles. The highest BCUT2D eigenvalue weighted by Crippen LogP contribution is 2.38. The Morgan fingerprint density at radius 1 is 0.750 bits per heavy atom. The van der Waals surface area contributed by atoms with Crippen LogP contribution in [-0.2, 0) is 19.5 Å². The van der Waals surface area contributed by atoms with Crippen molar-refractivity contribution < 1.29 is 0 Å². The summed E-state index contributed by atoms with van der Waals surface area (Å²) < 4.78 is 0. The van der Waals surface area contributed by atoms with Crippen molar-refractivity contribution in [1.29, 1.82) is 0 Å². The minimum Gasteiger partial charge on any atom is -0.305 e. The molecule has 0 atom stereocenters. The highest BCUT2D eigenvalue weighted by atomic mass is 15.3. The first-order valence-corrected chi connectivity index (χ1v) is 8.65. The molecule has 0 amide bonds. The molecule has 2 aromatic rings. The summed E-state index contributed by atoms with van der Waals surface area (Å²) in [5.41, 5.74) is 8.69. The van der Waals surface area contributed by atoms with Gasteiger partial charge in [-0.05, 0) is 81.1 Å². The topological polar surface area (TPSA) is 9.72 Å². The minimum atomic E-state index is 0.967. The molecule has 0 fully saturated rings. The highest BCUT2D eigenvalue weighted by Gasteiger charge is 2.20. The number of benzene rings is 2. The van der Waals surface area contributed by atoms with Gasteiger partial charge in [0.05, 0.1) is 6.67 Å². The van der Waals surface area contributed by atoms with Gasteiger partial charge in [0.2, 0.25) is 0 Å². The van der Waals surface area contributed by atoms with Gasteiger partial charge in [-0.3, -0.25) is 9.80 Å². The summed E-state index contributed by atoms with van der Waals surface area (Å²) in [7, 11) is 10.7. The van der Waals surface area contributed by atoms with Crippen LogP contribution in [0.2, 0.25) is 0 Å². The largest absolute Gasteiger partial charge is 0.305 e. The van der Waals surface area contributed by atoms with E-state index < -0.39 is 0 Å². The number of hydrogen-bond donors (Lipinski definition) is 0. The molecule has 0 unspecified atom stereocenters. The van der Waals surface area contributed by atoms with E-state index in [9.17, 15) is 0 Å². The van der Waals surface area contributed by atoms with Crippen LogP contribution >= 0.6 is 0 Å². The second kappa shape index (κ2) is 7.06. The minimum absolute atomic E-state index is 0.967. The van der Waals surface area contributed by atoms with Crippen LogP contribution in [0.25, 0.3) is 11.1 Å². The van der Waals surface area contributed by atoms with Gasteiger partial charge in [0.25, 0.3) is 0 Å². The van der Waals surface area contributed by atoms with E-state index in [2.05, 4.69) is 86.3 Å². The Morgan fingerprint density at radius 2 is 1.46 bits per heavy atom. The van der Waals surface area contributed by atoms with E-state index >= 15 is 0 Å². The summed E-state index contributed by atoms with van der Waals surface area (Å²) in [6, 6.07) is 13.7. The van der Waals surface area contributed by atoms with Crippen molar-refractivity contribution in [1.82, 2.24) is 14.7 Å². The van der Waals surface area contributed by atoms with Gasteiger partial charge in [0.15, 0.2) is 0 Å². The molecule has 3 nitrogen and oxygen atoms in total. The lowest BCUT2D eigenvalue weighted by atomic mass is 9.97. The Balaban J connectivity index is 1.97. The van der Waals surface area contributed by atoms with Crippen molar-refractivity contribution in [2.75, 3.05) is 41.9 Å². The molecule has 24 heavy (non-hydrogen) atoms. The van der Waals surface area contributed by atoms with E-state index in [-0.39, 0.29) is 0 Å². The van der Waals surface area contributed by atoms with E-state index in [1.807, 2.05) is 0 Å². The lowest BCUT2D eigenvalue weighted by molar-refractivity contribution is 0.203. The summed E-state index contributed by atoms with van der Waals surface area (Å²) in [5.74, 6) is 0. The van der Waals surface area contributed by atoms with Crippen molar-refractivity contribution >= 4 is 0 Å². The maximum Gasteiger partial charge on any atom is 0.0501 e. The van der Waals surface area contributed by atoms with Gasteiger partial charge in [0.1, 0.15) is 0 Å². The maximum absolute atomic E-state index is 2.44. The molecule has 0 N–H and O–H groups in total. The van der Waals surface area contributed by atoms with E-state index in [0.29, 0.717) is 0 Å². The summed E-state index contributed by atoms with van der Waals surface area (Å²) in [5, 5.41) is 0.